The number of anilines is 1. The van der Waals surface area contributed by atoms with Gasteiger partial charge in [0.1, 0.15) is 5.75 Å². The number of amides is 2. The van der Waals surface area contributed by atoms with Crippen molar-refractivity contribution in [3.63, 3.8) is 0 Å². The Kier molecular flexibility index (Phi) is 5.31. The number of hydrogen-bond acceptors (Lipinski definition) is 5. The van der Waals surface area contributed by atoms with Crippen LogP contribution in [0.15, 0.2) is 53.4 Å². The Balaban J connectivity index is 1.69. The summed E-state index contributed by atoms with van der Waals surface area (Å²) in [6.45, 7) is 0.0883. The molecule has 128 valence electrons. The smallest absolute Gasteiger partial charge is 0.295 e. The highest BCUT2D eigenvalue weighted by Crippen LogP contribution is 2.32. The van der Waals surface area contributed by atoms with Crippen molar-refractivity contribution >= 4 is 46.3 Å². The van der Waals surface area contributed by atoms with Gasteiger partial charge in [-0.2, -0.15) is 0 Å². The fourth-order valence-electron chi connectivity index (χ4n) is 2.26. The lowest BCUT2D eigenvalue weighted by Gasteiger charge is -2.14. The highest BCUT2D eigenvalue weighted by molar-refractivity contribution is 8.18. The van der Waals surface area contributed by atoms with Crippen LogP contribution in [0.25, 0.3) is 6.08 Å². The number of thioether (sulfide) groups is 1. The van der Waals surface area contributed by atoms with Crippen molar-refractivity contribution in [2.75, 3.05) is 19.1 Å². The second-order valence-corrected chi connectivity index (χ2v) is 6.66. The van der Waals surface area contributed by atoms with Crippen LogP contribution in [0.5, 0.6) is 5.75 Å². The maximum Gasteiger partial charge on any atom is 0.295 e. The molecule has 25 heavy (non-hydrogen) atoms. The normalized spacial score (nSPS) is 15.8. The molecule has 1 saturated heterocycles. The summed E-state index contributed by atoms with van der Waals surface area (Å²) in [5.41, 5.74) is 1.57. The van der Waals surface area contributed by atoms with Gasteiger partial charge >= 0.3 is 0 Å². The summed E-state index contributed by atoms with van der Waals surface area (Å²) in [5, 5.41) is 3.31. The Morgan fingerprint density at radius 1 is 1.20 bits per heavy atom. The summed E-state index contributed by atoms with van der Waals surface area (Å²) >= 11 is 6.85. The minimum absolute atomic E-state index is 0.0883. The number of benzene rings is 2. The predicted molar refractivity (Wildman–Crippen MR) is 101 cm³/mol. The zero-order valence-corrected chi connectivity index (χ0v) is 14.9. The van der Waals surface area contributed by atoms with Gasteiger partial charge < -0.3 is 10.1 Å². The van der Waals surface area contributed by atoms with Crippen molar-refractivity contribution in [1.29, 1.82) is 0 Å². The number of ether oxygens (including phenoxy) is 1. The minimum Gasteiger partial charge on any atom is -0.497 e. The van der Waals surface area contributed by atoms with Gasteiger partial charge in [-0.3, -0.25) is 14.5 Å². The molecule has 1 fully saturated rings. The van der Waals surface area contributed by atoms with E-state index in [-0.39, 0.29) is 17.8 Å². The van der Waals surface area contributed by atoms with E-state index in [1.165, 1.54) is 4.90 Å². The molecule has 3 rings (SSSR count). The summed E-state index contributed by atoms with van der Waals surface area (Å²) in [6, 6.07) is 14.4. The monoisotopic (exact) mass is 374 g/mol. The molecule has 0 saturated carbocycles. The Morgan fingerprint density at radius 2 is 1.96 bits per heavy atom. The van der Waals surface area contributed by atoms with Gasteiger partial charge in [0.15, 0.2) is 0 Å². The van der Waals surface area contributed by atoms with Crippen molar-refractivity contribution in [1.82, 2.24) is 4.90 Å². The molecule has 0 aliphatic carbocycles. The average Bonchev–Trinajstić information content (AvgIpc) is 2.87. The van der Waals surface area contributed by atoms with E-state index < -0.39 is 0 Å². The fraction of sp³-hybridized carbons (Fsp3) is 0.111. The van der Waals surface area contributed by atoms with Gasteiger partial charge in [0.25, 0.3) is 11.1 Å². The van der Waals surface area contributed by atoms with Gasteiger partial charge in [-0.1, -0.05) is 29.8 Å². The van der Waals surface area contributed by atoms with E-state index in [4.69, 9.17) is 16.3 Å². The first-order valence-electron chi connectivity index (χ1n) is 7.45. The Labute approximate surface area is 154 Å². The number of halogens is 1. The molecule has 2 amide bonds. The molecule has 1 aliphatic heterocycles. The maximum absolute atomic E-state index is 12.5. The van der Waals surface area contributed by atoms with Crippen molar-refractivity contribution < 1.29 is 14.3 Å². The van der Waals surface area contributed by atoms with Gasteiger partial charge in [0, 0.05) is 10.7 Å². The number of methoxy groups -OCH3 is 1. The molecule has 5 nitrogen and oxygen atoms in total. The van der Waals surface area contributed by atoms with E-state index >= 15 is 0 Å². The summed E-state index contributed by atoms with van der Waals surface area (Å²) in [6.07, 6.45) is 1.70. The lowest BCUT2D eigenvalue weighted by Crippen LogP contribution is -2.33. The minimum atomic E-state index is -0.319. The molecule has 0 atom stereocenters. The number of nitrogens with zero attached hydrogens (tertiary/aromatic N) is 1. The highest BCUT2D eigenvalue weighted by Gasteiger charge is 2.34. The molecule has 0 aromatic heterocycles. The molecule has 0 radical (unpaired) electrons. The number of hydrogen-bond donors (Lipinski definition) is 1. The number of imide groups is 1. The first-order valence-corrected chi connectivity index (χ1v) is 8.65. The topological polar surface area (TPSA) is 58.6 Å². The van der Waals surface area contributed by atoms with E-state index in [0.29, 0.717) is 9.93 Å². The number of carbonyl (C=O) groups excluding carboxylic acids is 2. The summed E-state index contributed by atoms with van der Waals surface area (Å²) in [7, 11) is 1.59. The standard InChI is InChI=1S/C18H15ClN2O3S/c1-24-15-7-5-12(6-8-15)9-16-17(22)21(18(23)25-16)11-20-14-4-2-3-13(19)10-14/h2-10,20H,11H2,1H3/b16-9+. The zero-order valence-electron chi connectivity index (χ0n) is 13.4. The van der Waals surface area contributed by atoms with Crippen LogP contribution in [-0.4, -0.2) is 29.8 Å². The van der Waals surface area contributed by atoms with Crippen molar-refractivity contribution in [2.24, 2.45) is 0 Å². The SMILES string of the molecule is COc1ccc(/C=C2/SC(=O)N(CNc3cccc(Cl)c3)C2=O)cc1. The quantitative estimate of drug-likeness (QED) is 0.783. The van der Waals surface area contributed by atoms with Crippen LogP contribution < -0.4 is 10.1 Å². The van der Waals surface area contributed by atoms with Crippen LogP contribution in [0, 0.1) is 0 Å². The number of rotatable bonds is 5. The largest absolute Gasteiger partial charge is 0.497 e. The molecule has 1 N–H and O–H groups in total. The van der Waals surface area contributed by atoms with Crippen LogP contribution in [0.2, 0.25) is 5.02 Å². The lowest BCUT2D eigenvalue weighted by molar-refractivity contribution is -0.122. The predicted octanol–water partition coefficient (Wildman–Crippen LogP) is 4.45. The van der Waals surface area contributed by atoms with Gasteiger partial charge in [0.05, 0.1) is 18.7 Å². The Morgan fingerprint density at radius 3 is 2.64 bits per heavy atom. The summed E-state index contributed by atoms with van der Waals surface area (Å²) in [4.78, 5) is 26.1. The number of nitrogens with one attached hydrogen (secondary N) is 1. The molecule has 2 aromatic rings. The fourth-order valence-corrected chi connectivity index (χ4v) is 3.29. The summed E-state index contributed by atoms with van der Waals surface area (Å²) in [5.74, 6) is 0.413. The summed E-state index contributed by atoms with van der Waals surface area (Å²) < 4.78 is 5.10. The third-order valence-electron chi connectivity index (χ3n) is 3.55. The third kappa shape index (κ3) is 4.15. The van der Waals surface area contributed by atoms with Gasteiger partial charge in [0.2, 0.25) is 0 Å². The first-order chi connectivity index (χ1) is 12.1. The molecule has 0 bridgehead atoms. The maximum atomic E-state index is 12.5. The van der Waals surface area contributed by atoms with Gasteiger partial charge in [-0.05, 0) is 53.7 Å². The molecule has 0 spiro atoms. The molecule has 1 heterocycles. The van der Waals surface area contributed by atoms with Crippen molar-refractivity contribution in [3.8, 4) is 5.75 Å². The first kappa shape index (κ1) is 17.4. The van der Waals surface area contributed by atoms with Gasteiger partial charge in [-0.25, -0.2) is 0 Å². The molecule has 1 aliphatic rings. The van der Waals surface area contributed by atoms with Crippen LogP contribution in [0.1, 0.15) is 5.56 Å². The van der Waals surface area contributed by atoms with Crippen LogP contribution in [0.4, 0.5) is 10.5 Å². The van der Waals surface area contributed by atoms with E-state index in [9.17, 15) is 9.59 Å². The van der Waals surface area contributed by atoms with E-state index in [1.807, 2.05) is 18.2 Å². The molecule has 7 heteroatoms. The van der Waals surface area contributed by atoms with Crippen LogP contribution in [0.3, 0.4) is 0 Å². The molecule has 2 aromatic carbocycles. The van der Waals surface area contributed by atoms with Crippen molar-refractivity contribution in [2.45, 2.75) is 0 Å². The van der Waals surface area contributed by atoms with E-state index in [0.717, 1.165) is 28.8 Å². The second-order valence-electron chi connectivity index (χ2n) is 5.23. The van der Waals surface area contributed by atoms with Crippen LogP contribution in [-0.2, 0) is 4.79 Å². The third-order valence-corrected chi connectivity index (χ3v) is 4.70. The Bertz CT molecular complexity index is 836. The van der Waals surface area contributed by atoms with E-state index in [2.05, 4.69) is 5.32 Å². The molecular formula is C18H15ClN2O3S. The average molecular weight is 375 g/mol. The van der Waals surface area contributed by atoms with Crippen molar-refractivity contribution in [3.05, 3.63) is 64.0 Å². The molecular weight excluding hydrogens is 360 g/mol. The Hall–Kier alpha value is -2.44. The molecule has 0 unspecified atom stereocenters. The number of carbonyl (C=O) groups is 2. The highest BCUT2D eigenvalue weighted by atomic mass is 35.5. The van der Waals surface area contributed by atoms with E-state index in [1.54, 1.807) is 43.5 Å². The zero-order chi connectivity index (χ0) is 17.8. The van der Waals surface area contributed by atoms with Gasteiger partial charge in [-0.15, -0.1) is 0 Å². The van der Waals surface area contributed by atoms with Crippen LogP contribution >= 0.6 is 23.4 Å². The lowest BCUT2D eigenvalue weighted by atomic mass is 10.2. The second kappa shape index (κ2) is 7.63.